The zero-order valence-corrected chi connectivity index (χ0v) is 24.0. The lowest BCUT2D eigenvalue weighted by Crippen LogP contribution is -2.26. The van der Waals surface area contributed by atoms with E-state index in [0.29, 0.717) is 17.5 Å². The highest BCUT2D eigenvalue weighted by molar-refractivity contribution is 8.33. The van der Waals surface area contributed by atoms with Gasteiger partial charge in [0.15, 0.2) is 0 Å². The molecule has 0 atom stereocenters. The van der Waals surface area contributed by atoms with Gasteiger partial charge >= 0.3 is 0 Å². The number of hydrogen-bond acceptors (Lipinski definition) is 6. The van der Waals surface area contributed by atoms with Crippen molar-refractivity contribution in [1.29, 1.82) is 0 Å². The first kappa shape index (κ1) is 30.1. The van der Waals surface area contributed by atoms with Gasteiger partial charge in [0.2, 0.25) is 10.0 Å². The maximum absolute atomic E-state index is 12.8. The van der Waals surface area contributed by atoms with Crippen molar-refractivity contribution in [1.82, 2.24) is 9.62 Å². The summed E-state index contributed by atoms with van der Waals surface area (Å²) in [7, 11) is -2.56. The summed E-state index contributed by atoms with van der Waals surface area (Å²) >= 11 is 0. The van der Waals surface area contributed by atoms with Crippen molar-refractivity contribution in [2.24, 2.45) is 0 Å². The molecule has 0 fully saturated rings. The lowest BCUT2D eigenvalue weighted by Gasteiger charge is -2.35. The molecule has 0 unspecified atom stereocenters. The van der Waals surface area contributed by atoms with Crippen LogP contribution in [0.5, 0.6) is 0 Å². The van der Waals surface area contributed by atoms with Crippen molar-refractivity contribution in [2.45, 2.75) is 56.7 Å². The molecule has 0 saturated heterocycles. The summed E-state index contributed by atoms with van der Waals surface area (Å²) in [6, 6.07) is 11.7. The second-order valence-corrected chi connectivity index (χ2v) is 16.3. The molecule has 0 aliphatic rings. The molecule has 10 heteroatoms. The van der Waals surface area contributed by atoms with Gasteiger partial charge in [0.25, 0.3) is 5.69 Å². The third kappa shape index (κ3) is 9.06. The summed E-state index contributed by atoms with van der Waals surface area (Å²) < 4.78 is 28.2. The van der Waals surface area contributed by atoms with E-state index in [1.54, 1.807) is 0 Å². The van der Waals surface area contributed by atoms with Crippen LogP contribution in [0.25, 0.3) is 0 Å². The Morgan fingerprint density at radius 2 is 1.81 bits per heavy atom. The monoisotopic (exact) mass is 538 g/mol. The van der Waals surface area contributed by atoms with Gasteiger partial charge in [-0.1, -0.05) is 39.3 Å². The Labute approximate surface area is 218 Å². The summed E-state index contributed by atoms with van der Waals surface area (Å²) in [5.41, 5.74) is 1.77. The lowest BCUT2D eigenvalue weighted by atomic mass is 10.1. The fourth-order valence-electron chi connectivity index (χ4n) is 3.63. The van der Waals surface area contributed by atoms with E-state index in [2.05, 4.69) is 55.3 Å². The van der Waals surface area contributed by atoms with E-state index < -0.39 is 25.0 Å². The Kier molecular flexibility index (Phi) is 11.2. The molecule has 0 saturated carbocycles. The summed E-state index contributed by atoms with van der Waals surface area (Å²) in [6.07, 6.45) is 7.49. The number of benzene rings is 2. The minimum atomic E-state index is -3.85. The Balaban J connectivity index is 2.13. The van der Waals surface area contributed by atoms with Crippen LogP contribution < -0.4 is 10.0 Å². The molecule has 0 heterocycles. The number of nitro benzene ring substituents is 1. The molecule has 0 aromatic heterocycles. The summed E-state index contributed by atoms with van der Waals surface area (Å²) in [6.45, 7) is 8.62. The van der Waals surface area contributed by atoms with Crippen LogP contribution >= 0.6 is 10.0 Å². The number of nitrogens with one attached hydrogen (secondary N) is 2. The maximum atomic E-state index is 12.8. The predicted molar refractivity (Wildman–Crippen MR) is 153 cm³/mol. The first-order chi connectivity index (χ1) is 16.9. The van der Waals surface area contributed by atoms with Gasteiger partial charge in [-0.15, -0.1) is 0 Å². The molecule has 2 aromatic carbocycles. The van der Waals surface area contributed by atoms with E-state index in [1.807, 2.05) is 24.3 Å². The highest BCUT2D eigenvalue weighted by Gasteiger charge is 2.22. The zero-order valence-electron chi connectivity index (χ0n) is 22.4. The number of nitrogens with zero attached hydrogens (tertiary/aromatic N) is 2. The summed E-state index contributed by atoms with van der Waals surface area (Å²) in [5, 5.41) is 15.4. The van der Waals surface area contributed by atoms with Crippen molar-refractivity contribution in [2.75, 3.05) is 43.7 Å². The van der Waals surface area contributed by atoms with Gasteiger partial charge in [0, 0.05) is 24.8 Å². The molecule has 2 N–H and O–H groups in total. The second-order valence-electron chi connectivity index (χ2n) is 9.98. The minimum Gasteiger partial charge on any atom is -0.350 e. The highest BCUT2D eigenvalue weighted by Crippen LogP contribution is 2.45. The van der Waals surface area contributed by atoms with Crippen LogP contribution in [0.15, 0.2) is 47.4 Å². The van der Waals surface area contributed by atoms with E-state index >= 15 is 0 Å². The zero-order chi connectivity index (χ0) is 26.9. The fraction of sp³-hybridized carbons (Fsp3) is 0.538. The lowest BCUT2D eigenvalue weighted by molar-refractivity contribution is -0.384. The topological polar surface area (TPSA) is 105 Å². The average Bonchev–Trinajstić information content (AvgIpc) is 2.80. The van der Waals surface area contributed by atoms with Crippen molar-refractivity contribution in [3.63, 3.8) is 0 Å². The van der Waals surface area contributed by atoms with Gasteiger partial charge < -0.3 is 10.2 Å². The van der Waals surface area contributed by atoms with Crippen LogP contribution in [0, 0.1) is 10.1 Å². The number of nitro groups is 1. The molecule has 8 nitrogen and oxygen atoms in total. The molecule has 0 aliphatic heterocycles. The SMILES string of the molecule is CCCCN(C)Cc1cccc(Nc2ccc(S(=O)(=O)NCCCS(C)(C)C(C)C)cc2[N+](=O)[O-])c1. The van der Waals surface area contributed by atoms with Gasteiger partial charge in [0.05, 0.1) is 9.82 Å². The summed E-state index contributed by atoms with van der Waals surface area (Å²) in [4.78, 5) is 13.4. The van der Waals surface area contributed by atoms with Crippen molar-refractivity contribution in [3.8, 4) is 0 Å². The summed E-state index contributed by atoms with van der Waals surface area (Å²) in [5.74, 6) is 0.962. The van der Waals surface area contributed by atoms with E-state index in [9.17, 15) is 18.5 Å². The molecule has 0 spiro atoms. The Bertz CT molecular complexity index is 1120. The molecule has 2 aromatic rings. The molecule has 0 amide bonds. The Hall–Kier alpha value is -2.14. The van der Waals surface area contributed by atoms with Crippen LogP contribution in [0.2, 0.25) is 0 Å². The fourth-order valence-corrected chi connectivity index (χ4v) is 6.08. The van der Waals surface area contributed by atoms with Gasteiger partial charge in [0.1, 0.15) is 5.69 Å². The van der Waals surface area contributed by atoms with Crippen molar-refractivity contribution < 1.29 is 13.3 Å². The smallest absolute Gasteiger partial charge is 0.294 e. The van der Waals surface area contributed by atoms with E-state index in [-0.39, 0.29) is 16.3 Å². The maximum Gasteiger partial charge on any atom is 0.294 e. The second kappa shape index (κ2) is 13.4. The molecule has 0 bridgehead atoms. The highest BCUT2D eigenvalue weighted by atomic mass is 32.3. The normalized spacial score (nSPS) is 12.8. The molecule has 2 rings (SSSR count). The molecular formula is C26H42N4O4S2. The Morgan fingerprint density at radius 1 is 1.08 bits per heavy atom. The number of sulfonamides is 1. The third-order valence-electron chi connectivity index (χ3n) is 6.44. The number of rotatable bonds is 15. The standard InChI is InChI=1S/C26H42N4O4S2/c1-7-8-16-29(4)20-22-11-9-12-23(18-22)28-25-14-13-24(19-26(25)30(31)32)36(33,34)27-15-10-17-35(5,6)21(2)3/h9,11-14,18-19,21,27-28H,7-8,10,15-17,20H2,1-6H3. The first-order valence-electron chi connectivity index (χ1n) is 12.4. The van der Waals surface area contributed by atoms with E-state index in [0.717, 1.165) is 49.7 Å². The van der Waals surface area contributed by atoms with E-state index in [1.165, 1.54) is 12.1 Å². The number of unbranched alkanes of at least 4 members (excludes halogenated alkanes) is 1. The largest absolute Gasteiger partial charge is 0.350 e. The molecule has 36 heavy (non-hydrogen) atoms. The van der Waals surface area contributed by atoms with Crippen LogP contribution in [-0.4, -0.2) is 61.9 Å². The van der Waals surface area contributed by atoms with Crippen LogP contribution in [0.1, 0.15) is 45.6 Å². The third-order valence-corrected chi connectivity index (χ3v) is 11.8. The number of hydrogen-bond donors (Lipinski definition) is 2. The predicted octanol–water partition coefficient (Wildman–Crippen LogP) is 5.71. The van der Waals surface area contributed by atoms with Gasteiger partial charge in [-0.2, -0.15) is 0 Å². The Morgan fingerprint density at radius 3 is 2.44 bits per heavy atom. The van der Waals surface area contributed by atoms with E-state index in [4.69, 9.17) is 0 Å². The minimum absolute atomic E-state index is 0.110. The van der Waals surface area contributed by atoms with Crippen molar-refractivity contribution >= 4 is 37.1 Å². The van der Waals surface area contributed by atoms with Crippen LogP contribution in [0.3, 0.4) is 0 Å². The van der Waals surface area contributed by atoms with Gasteiger partial charge in [-0.05, 0) is 79.8 Å². The average molecular weight is 539 g/mol. The quantitative estimate of drug-likeness (QED) is 0.171. The van der Waals surface area contributed by atoms with Crippen molar-refractivity contribution in [3.05, 3.63) is 58.1 Å². The van der Waals surface area contributed by atoms with Crippen LogP contribution in [-0.2, 0) is 16.6 Å². The molecule has 202 valence electrons. The molecule has 0 radical (unpaired) electrons. The molecular weight excluding hydrogens is 496 g/mol. The molecule has 0 aliphatic carbocycles. The number of anilines is 2. The van der Waals surface area contributed by atoms with Gasteiger partial charge in [-0.25, -0.2) is 23.2 Å². The van der Waals surface area contributed by atoms with Crippen LogP contribution in [0.4, 0.5) is 17.1 Å². The first-order valence-corrected chi connectivity index (χ1v) is 16.5. The van der Waals surface area contributed by atoms with Gasteiger partial charge in [-0.3, -0.25) is 10.1 Å².